The van der Waals surface area contributed by atoms with Crippen molar-refractivity contribution >= 4 is 11.5 Å². The lowest BCUT2D eigenvalue weighted by molar-refractivity contribution is -0.116. The van der Waals surface area contributed by atoms with Gasteiger partial charge < -0.3 is 4.90 Å². The first-order chi connectivity index (χ1) is 6.65. The molecule has 0 radical (unpaired) electrons. The Morgan fingerprint density at radius 1 is 1.36 bits per heavy atom. The summed E-state index contributed by atoms with van der Waals surface area (Å²) in [7, 11) is 0. The van der Waals surface area contributed by atoms with Crippen LogP contribution in [0.4, 0.5) is 10.1 Å². The molecule has 0 aliphatic carbocycles. The van der Waals surface area contributed by atoms with E-state index in [9.17, 15) is 9.18 Å². The zero-order valence-electron chi connectivity index (χ0n) is 8.09. The molecule has 74 valence electrons. The fourth-order valence-electron chi connectivity index (χ4n) is 1.75. The number of hydrogen-bond acceptors (Lipinski definition) is 2. The first-order valence-corrected chi connectivity index (χ1v) is 4.69. The molecule has 14 heavy (non-hydrogen) atoms. The summed E-state index contributed by atoms with van der Waals surface area (Å²) in [5, 5.41) is 0. The number of rotatable bonds is 1. The number of aryl methyl sites for hydroxylation is 1. The Labute approximate surface area is 82.3 Å². The Morgan fingerprint density at radius 3 is 2.71 bits per heavy atom. The molecule has 2 nitrogen and oxygen atoms in total. The highest BCUT2D eigenvalue weighted by atomic mass is 19.1. The second kappa shape index (κ2) is 3.40. The molecular weight excluding hydrogens is 181 g/mol. The maximum absolute atomic E-state index is 13.1. The van der Waals surface area contributed by atoms with Crippen molar-refractivity contribution in [3.05, 3.63) is 29.6 Å². The van der Waals surface area contributed by atoms with Gasteiger partial charge in [0.15, 0.2) is 5.78 Å². The number of benzene rings is 1. The fourth-order valence-corrected chi connectivity index (χ4v) is 1.75. The van der Waals surface area contributed by atoms with E-state index in [1.165, 1.54) is 12.1 Å². The van der Waals surface area contributed by atoms with E-state index < -0.39 is 0 Å². The van der Waals surface area contributed by atoms with Crippen LogP contribution in [0.1, 0.15) is 12.0 Å². The molecule has 1 aromatic carbocycles. The van der Waals surface area contributed by atoms with Crippen LogP contribution in [-0.4, -0.2) is 18.9 Å². The van der Waals surface area contributed by atoms with Crippen LogP contribution in [-0.2, 0) is 4.79 Å². The highest BCUT2D eigenvalue weighted by molar-refractivity contribution is 5.87. The predicted octanol–water partition coefficient (Wildman–Crippen LogP) is 1.91. The third-order valence-corrected chi connectivity index (χ3v) is 2.42. The van der Waals surface area contributed by atoms with Gasteiger partial charge in [0.25, 0.3) is 0 Å². The van der Waals surface area contributed by atoms with Crippen molar-refractivity contribution in [3.8, 4) is 0 Å². The quantitative estimate of drug-likeness (QED) is 0.679. The van der Waals surface area contributed by atoms with Gasteiger partial charge in [-0.3, -0.25) is 4.79 Å². The molecular formula is C11H12FNO. The van der Waals surface area contributed by atoms with Crippen molar-refractivity contribution in [1.29, 1.82) is 0 Å². The van der Waals surface area contributed by atoms with Crippen LogP contribution in [0.5, 0.6) is 0 Å². The summed E-state index contributed by atoms with van der Waals surface area (Å²) in [5.74, 6) is -0.00809. The number of anilines is 1. The molecule has 0 atom stereocenters. The maximum Gasteiger partial charge on any atom is 0.153 e. The summed E-state index contributed by atoms with van der Waals surface area (Å²) in [6.07, 6.45) is 0.579. The van der Waals surface area contributed by atoms with Crippen molar-refractivity contribution in [2.24, 2.45) is 0 Å². The molecule has 1 fully saturated rings. The number of carbonyl (C=O) groups is 1. The highest BCUT2D eigenvalue weighted by Crippen LogP contribution is 2.21. The molecule has 0 spiro atoms. The number of hydrogen-bond donors (Lipinski definition) is 0. The summed E-state index contributed by atoms with van der Waals surface area (Å²) in [6.45, 7) is 2.98. The van der Waals surface area contributed by atoms with Crippen molar-refractivity contribution in [2.45, 2.75) is 13.3 Å². The number of ketones is 1. The number of nitrogens with zero attached hydrogens (tertiary/aromatic N) is 1. The molecule has 0 aromatic heterocycles. The minimum absolute atomic E-state index is 0.229. The number of Topliss-reactive ketones (excluding diaryl/α,β-unsaturated/α-hetero) is 1. The van der Waals surface area contributed by atoms with Crippen molar-refractivity contribution < 1.29 is 9.18 Å². The summed E-state index contributed by atoms with van der Waals surface area (Å²) in [6, 6.07) is 4.87. The minimum Gasteiger partial charge on any atom is -0.364 e. The van der Waals surface area contributed by atoms with E-state index in [0.717, 1.165) is 11.3 Å². The van der Waals surface area contributed by atoms with Crippen molar-refractivity contribution in [1.82, 2.24) is 0 Å². The lowest BCUT2D eigenvalue weighted by Gasteiger charge is -2.16. The molecule has 0 amide bonds. The van der Waals surface area contributed by atoms with Gasteiger partial charge in [-0.25, -0.2) is 4.39 Å². The van der Waals surface area contributed by atoms with E-state index in [2.05, 4.69) is 0 Å². The lowest BCUT2D eigenvalue weighted by atomic mass is 10.2. The van der Waals surface area contributed by atoms with Gasteiger partial charge in [-0.1, -0.05) is 0 Å². The average Bonchev–Trinajstić information content (AvgIpc) is 2.50. The fraction of sp³-hybridized carbons (Fsp3) is 0.364. The molecule has 2 rings (SSSR count). The van der Waals surface area contributed by atoms with E-state index >= 15 is 0 Å². The Bertz CT molecular complexity index is 355. The Morgan fingerprint density at radius 2 is 2.14 bits per heavy atom. The van der Waals surface area contributed by atoms with E-state index in [4.69, 9.17) is 0 Å². The molecule has 1 saturated heterocycles. The molecule has 1 heterocycles. The first kappa shape index (κ1) is 9.19. The summed E-state index contributed by atoms with van der Waals surface area (Å²) in [4.78, 5) is 13.0. The van der Waals surface area contributed by atoms with Gasteiger partial charge in [-0.2, -0.15) is 0 Å². The lowest BCUT2D eigenvalue weighted by Crippen LogP contribution is -2.19. The molecule has 1 aromatic rings. The number of halogens is 1. The average molecular weight is 193 g/mol. The summed E-state index contributed by atoms with van der Waals surface area (Å²) >= 11 is 0. The normalized spacial score (nSPS) is 16.4. The highest BCUT2D eigenvalue weighted by Gasteiger charge is 2.19. The second-order valence-corrected chi connectivity index (χ2v) is 3.70. The summed E-state index contributed by atoms with van der Waals surface area (Å²) < 4.78 is 13.1. The van der Waals surface area contributed by atoms with Gasteiger partial charge in [-0.15, -0.1) is 0 Å². The van der Waals surface area contributed by atoms with E-state index in [-0.39, 0.29) is 11.6 Å². The standard InChI is InChI=1S/C11H12FNO/c1-8-4-9(12)6-10(5-8)13-3-2-11(14)7-13/h4-6H,2-3,7H2,1H3. The van der Waals surface area contributed by atoms with Gasteiger partial charge in [0, 0.05) is 18.7 Å². The van der Waals surface area contributed by atoms with Crippen molar-refractivity contribution in [3.63, 3.8) is 0 Å². The maximum atomic E-state index is 13.1. The van der Waals surface area contributed by atoms with Gasteiger partial charge >= 0.3 is 0 Å². The van der Waals surface area contributed by atoms with Crippen LogP contribution in [0.15, 0.2) is 18.2 Å². The molecule has 1 aliphatic rings. The minimum atomic E-state index is -0.237. The van der Waals surface area contributed by atoms with Crippen molar-refractivity contribution in [2.75, 3.05) is 18.0 Å². The van der Waals surface area contributed by atoms with Crippen LogP contribution in [0, 0.1) is 12.7 Å². The van der Waals surface area contributed by atoms with Crippen LogP contribution in [0.25, 0.3) is 0 Å². The zero-order valence-corrected chi connectivity index (χ0v) is 8.09. The molecule has 0 N–H and O–H groups in total. The van der Waals surface area contributed by atoms with Crippen LogP contribution >= 0.6 is 0 Å². The van der Waals surface area contributed by atoms with Crippen LogP contribution in [0.2, 0.25) is 0 Å². The number of carbonyl (C=O) groups excluding carboxylic acids is 1. The van der Waals surface area contributed by atoms with E-state index in [1.807, 2.05) is 17.9 Å². The van der Waals surface area contributed by atoms with E-state index in [1.54, 1.807) is 0 Å². The zero-order chi connectivity index (χ0) is 10.1. The topological polar surface area (TPSA) is 20.3 Å². The largest absolute Gasteiger partial charge is 0.364 e. The first-order valence-electron chi connectivity index (χ1n) is 4.69. The van der Waals surface area contributed by atoms with Gasteiger partial charge in [0.05, 0.1) is 6.54 Å². The second-order valence-electron chi connectivity index (χ2n) is 3.70. The third-order valence-electron chi connectivity index (χ3n) is 2.42. The molecule has 0 bridgehead atoms. The van der Waals surface area contributed by atoms with Gasteiger partial charge in [-0.05, 0) is 30.7 Å². The molecule has 0 unspecified atom stereocenters. The smallest absolute Gasteiger partial charge is 0.153 e. The Balaban J connectivity index is 2.27. The van der Waals surface area contributed by atoms with Gasteiger partial charge in [0.2, 0.25) is 0 Å². The monoisotopic (exact) mass is 193 g/mol. The van der Waals surface area contributed by atoms with Crippen LogP contribution < -0.4 is 4.90 Å². The predicted molar refractivity (Wildman–Crippen MR) is 53.0 cm³/mol. The molecule has 0 saturated carbocycles. The SMILES string of the molecule is Cc1cc(F)cc(N2CCC(=O)C2)c1. The third kappa shape index (κ3) is 1.76. The van der Waals surface area contributed by atoms with Gasteiger partial charge in [0.1, 0.15) is 5.82 Å². The Hall–Kier alpha value is -1.38. The van der Waals surface area contributed by atoms with Crippen LogP contribution in [0.3, 0.4) is 0 Å². The summed E-state index contributed by atoms with van der Waals surface area (Å²) in [5.41, 5.74) is 1.70. The molecule has 1 aliphatic heterocycles. The van der Waals surface area contributed by atoms with E-state index in [0.29, 0.717) is 19.5 Å². The Kier molecular flexibility index (Phi) is 2.23. The molecule has 3 heteroatoms.